The number of hydrogen-bond acceptors (Lipinski definition) is 4. The largest absolute Gasteiger partial charge is 0.444 e. The Bertz CT molecular complexity index is 896. The van der Waals surface area contributed by atoms with Crippen LogP contribution in [0, 0.1) is 0 Å². The first kappa shape index (κ1) is 18.2. The van der Waals surface area contributed by atoms with Crippen molar-refractivity contribution in [2.24, 2.45) is 0 Å². The van der Waals surface area contributed by atoms with Gasteiger partial charge in [-0.3, -0.25) is 4.98 Å². The Kier molecular flexibility index (Phi) is 5.66. The van der Waals surface area contributed by atoms with E-state index in [1.165, 1.54) is 6.39 Å². The van der Waals surface area contributed by atoms with E-state index < -0.39 is 0 Å². The first-order valence-electron chi connectivity index (χ1n) is 9.76. The number of aromatic nitrogens is 2. The lowest BCUT2D eigenvalue weighted by atomic mass is 9.97. The molecule has 3 aromatic rings. The van der Waals surface area contributed by atoms with E-state index >= 15 is 0 Å². The molecule has 1 aliphatic heterocycles. The van der Waals surface area contributed by atoms with E-state index in [0.29, 0.717) is 5.76 Å². The molecule has 1 aromatic carbocycles. The van der Waals surface area contributed by atoms with Gasteiger partial charge in [0.05, 0.1) is 6.20 Å². The third-order valence-corrected chi connectivity index (χ3v) is 5.18. The topological polar surface area (TPSA) is 71.3 Å². The molecule has 0 radical (unpaired) electrons. The van der Waals surface area contributed by atoms with Gasteiger partial charge in [0.15, 0.2) is 12.2 Å². The van der Waals surface area contributed by atoms with Crippen LogP contribution in [0.5, 0.6) is 0 Å². The van der Waals surface area contributed by atoms with Gasteiger partial charge in [-0.1, -0.05) is 18.2 Å². The van der Waals surface area contributed by atoms with Crippen LogP contribution < -0.4 is 5.32 Å². The third kappa shape index (κ3) is 4.39. The van der Waals surface area contributed by atoms with Crippen molar-refractivity contribution >= 4 is 11.7 Å². The molecule has 2 aromatic heterocycles. The summed E-state index contributed by atoms with van der Waals surface area (Å²) in [6.45, 7) is 0.792. The maximum atomic E-state index is 13.0. The van der Waals surface area contributed by atoms with Crippen molar-refractivity contribution in [1.82, 2.24) is 14.9 Å². The highest BCUT2D eigenvalue weighted by Crippen LogP contribution is 2.25. The lowest BCUT2D eigenvalue weighted by Gasteiger charge is -2.35. The van der Waals surface area contributed by atoms with Gasteiger partial charge in [0.2, 0.25) is 0 Å². The van der Waals surface area contributed by atoms with Crippen molar-refractivity contribution in [3.05, 3.63) is 66.9 Å². The lowest BCUT2D eigenvalue weighted by molar-refractivity contribution is 0.158. The van der Waals surface area contributed by atoms with Crippen LogP contribution in [0.1, 0.15) is 31.4 Å². The zero-order valence-corrected chi connectivity index (χ0v) is 15.8. The molecule has 2 amide bonds. The average molecular weight is 376 g/mol. The van der Waals surface area contributed by atoms with Crippen LogP contribution in [-0.4, -0.2) is 33.5 Å². The Balaban J connectivity index is 1.41. The normalized spacial score (nSPS) is 16.7. The maximum absolute atomic E-state index is 13.0. The number of nitrogens with one attached hydrogen (secondary N) is 1. The fourth-order valence-electron chi connectivity index (χ4n) is 3.73. The van der Waals surface area contributed by atoms with Gasteiger partial charge in [0.1, 0.15) is 0 Å². The van der Waals surface area contributed by atoms with E-state index in [1.807, 2.05) is 53.6 Å². The van der Waals surface area contributed by atoms with Crippen molar-refractivity contribution in [1.29, 1.82) is 0 Å². The van der Waals surface area contributed by atoms with Gasteiger partial charge < -0.3 is 14.6 Å². The number of urea groups is 1. The highest BCUT2D eigenvalue weighted by atomic mass is 16.3. The first-order valence-corrected chi connectivity index (χ1v) is 9.76. The molecule has 144 valence electrons. The molecule has 1 N–H and O–H groups in total. The highest BCUT2D eigenvalue weighted by molar-refractivity contribution is 5.90. The van der Waals surface area contributed by atoms with Crippen LogP contribution >= 0.6 is 0 Å². The van der Waals surface area contributed by atoms with Crippen molar-refractivity contribution in [2.45, 2.75) is 38.1 Å². The molecular weight excluding hydrogens is 352 g/mol. The molecule has 0 unspecified atom stereocenters. The van der Waals surface area contributed by atoms with Crippen molar-refractivity contribution in [3.8, 4) is 11.3 Å². The number of amides is 2. The molecule has 6 nitrogen and oxygen atoms in total. The number of carbonyl (C=O) groups is 1. The molecule has 1 aliphatic rings. The molecule has 0 aliphatic carbocycles. The Morgan fingerprint density at radius 1 is 1.21 bits per heavy atom. The summed E-state index contributed by atoms with van der Waals surface area (Å²) in [5.74, 6) is 0.683. The predicted molar refractivity (Wildman–Crippen MR) is 108 cm³/mol. The van der Waals surface area contributed by atoms with Crippen LogP contribution in [0.2, 0.25) is 0 Å². The Morgan fingerprint density at radius 2 is 2.18 bits per heavy atom. The fraction of sp³-hybridized carbons (Fsp3) is 0.318. The number of carbonyl (C=O) groups excluding carboxylic acids is 1. The van der Waals surface area contributed by atoms with E-state index in [2.05, 4.69) is 15.3 Å². The van der Waals surface area contributed by atoms with Gasteiger partial charge >= 0.3 is 6.03 Å². The van der Waals surface area contributed by atoms with Gasteiger partial charge in [0.25, 0.3) is 0 Å². The maximum Gasteiger partial charge on any atom is 0.322 e. The standard InChI is InChI=1S/C22H24N4O2/c27-22(25-19-8-5-6-17(14-19)21-15-23-16-28-21)26-13-4-2-9-20(26)11-10-18-7-1-3-12-24-18/h1,3,5-8,12,14-16,20H,2,4,9-11,13H2,(H,25,27)/t20-/m1/s1. The number of benzene rings is 1. The SMILES string of the molecule is O=C(Nc1cccc(-c2cnco2)c1)N1CCCC[C@@H]1CCc1ccccn1. The zero-order chi connectivity index (χ0) is 19.2. The number of anilines is 1. The summed E-state index contributed by atoms with van der Waals surface area (Å²) in [5.41, 5.74) is 2.72. The first-order chi connectivity index (χ1) is 13.8. The van der Waals surface area contributed by atoms with Crippen LogP contribution in [0.4, 0.5) is 10.5 Å². The van der Waals surface area contributed by atoms with E-state index in [9.17, 15) is 4.79 Å². The average Bonchev–Trinajstić information content (AvgIpc) is 3.28. The Morgan fingerprint density at radius 3 is 3.00 bits per heavy atom. The lowest BCUT2D eigenvalue weighted by Crippen LogP contribution is -2.46. The second kappa shape index (κ2) is 8.69. The summed E-state index contributed by atoms with van der Waals surface area (Å²) in [6, 6.07) is 13.8. The highest BCUT2D eigenvalue weighted by Gasteiger charge is 2.26. The summed E-state index contributed by atoms with van der Waals surface area (Å²) in [4.78, 5) is 23.3. The zero-order valence-electron chi connectivity index (χ0n) is 15.8. The van der Waals surface area contributed by atoms with Gasteiger partial charge in [-0.2, -0.15) is 0 Å². The third-order valence-electron chi connectivity index (χ3n) is 5.18. The number of hydrogen-bond donors (Lipinski definition) is 1. The number of rotatable bonds is 5. The quantitative estimate of drug-likeness (QED) is 0.697. The van der Waals surface area contributed by atoms with Gasteiger partial charge in [-0.05, 0) is 56.4 Å². The molecular formula is C22H24N4O2. The van der Waals surface area contributed by atoms with Gasteiger partial charge in [0, 0.05) is 35.7 Å². The monoisotopic (exact) mass is 376 g/mol. The summed E-state index contributed by atoms with van der Waals surface area (Å²) < 4.78 is 5.35. The molecule has 6 heteroatoms. The van der Waals surface area contributed by atoms with Crippen LogP contribution in [0.15, 0.2) is 65.7 Å². The summed E-state index contributed by atoms with van der Waals surface area (Å²) >= 11 is 0. The summed E-state index contributed by atoms with van der Waals surface area (Å²) in [5, 5.41) is 3.05. The van der Waals surface area contributed by atoms with E-state index in [-0.39, 0.29) is 12.1 Å². The Labute approximate surface area is 164 Å². The molecule has 1 fully saturated rings. The minimum absolute atomic E-state index is 0.0413. The molecule has 0 saturated carbocycles. The van der Waals surface area contributed by atoms with E-state index in [1.54, 1.807) is 6.20 Å². The van der Waals surface area contributed by atoms with Gasteiger partial charge in [-0.15, -0.1) is 0 Å². The number of piperidine rings is 1. The predicted octanol–water partition coefficient (Wildman–Crippen LogP) is 4.76. The van der Waals surface area contributed by atoms with Crippen LogP contribution in [0.3, 0.4) is 0 Å². The molecule has 0 bridgehead atoms. The fourth-order valence-corrected chi connectivity index (χ4v) is 3.73. The molecule has 1 saturated heterocycles. The number of pyridine rings is 1. The number of likely N-dealkylation sites (tertiary alicyclic amines) is 1. The van der Waals surface area contributed by atoms with Crippen molar-refractivity contribution < 1.29 is 9.21 Å². The van der Waals surface area contributed by atoms with Crippen LogP contribution in [-0.2, 0) is 6.42 Å². The number of nitrogens with zero attached hydrogens (tertiary/aromatic N) is 3. The summed E-state index contributed by atoms with van der Waals surface area (Å²) in [6.07, 6.45) is 9.96. The second-order valence-electron chi connectivity index (χ2n) is 7.08. The Hall–Kier alpha value is -3.15. The molecule has 3 heterocycles. The minimum Gasteiger partial charge on any atom is -0.444 e. The smallest absolute Gasteiger partial charge is 0.322 e. The molecule has 0 spiro atoms. The summed E-state index contributed by atoms with van der Waals surface area (Å²) in [7, 11) is 0. The molecule has 1 atom stereocenters. The minimum atomic E-state index is -0.0413. The van der Waals surface area contributed by atoms with E-state index in [4.69, 9.17) is 4.42 Å². The second-order valence-corrected chi connectivity index (χ2v) is 7.08. The van der Waals surface area contributed by atoms with Gasteiger partial charge in [-0.25, -0.2) is 9.78 Å². The van der Waals surface area contributed by atoms with Crippen molar-refractivity contribution in [2.75, 3.05) is 11.9 Å². The number of oxazole rings is 1. The number of aryl methyl sites for hydroxylation is 1. The van der Waals surface area contributed by atoms with E-state index in [0.717, 1.165) is 55.6 Å². The van der Waals surface area contributed by atoms with Crippen LogP contribution in [0.25, 0.3) is 11.3 Å². The van der Waals surface area contributed by atoms with Crippen molar-refractivity contribution in [3.63, 3.8) is 0 Å². The molecule has 4 rings (SSSR count). The molecule has 28 heavy (non-hydrogen) atoms.